The highest BCUT2D eigenvalue weighted by Gasteiger charge is 2.08. The molecule has 0 aliphatic carbocycles. The molecule has 0 fully saturated rings. The van der Waals surface area contributed by atoms with Gasteiger partial charge in [0.25, 0.3) is 5.91 Å². The van der Waals surface area contributed by atoms with Crippen LogP contribution in [0.1, 0.15) is 12.5 Å². The van der Waals surface area contributed by atoms with Gasteiger partial charge in [0.15, 0.2) is 4.34 Å². The molecule has 24 heavy (non-hydrogen) atoms. The van der Waals surface area contributed by atoms with Crippen molar-refractivity contribution in [3.63, 3.8) is 0 Å². The molecule has 0 spiro atoms. The molecule has 0 radical (unpaired) electrons. The number of hydrazone groups is 1. The molecule has 1 aromatic heterocycles. The number of benzene rings is 2. The predicted molar refractivity (Wildman–Crippen MR) is 102 cm³/mol. The van der Waals surface area contributed by atoms with Crippen molar-refractivity contribution in [1.29, 1.82) is 0 Å². The second-order valence-corrected chi connectivity index (χ2v) is 7.61. The number of fused-ring (bicyclic) bond motifs is 1. The van der Waals surface area contributed by atoms with Crippen molar-refractivity contribution in [1.82, 2.24) is 10.4 Å². The molecule has 2 aromatic carbocycles. The van der Waals surface area contributed by atoms with Crippen LogP contribution in [0, 0.1) is 0 Å². The van der Waals surface area contributed by atoms with Gasteiger partial charge in [-0.3, -0.25) is 4.79 Å². The monoisotopic (exact) mass is 375 g/mol. The summed E-state index contributed by atoms with van der Waals surface area (Å²) in [6.07, 6.45) is 0. The van der Waals surface area contributed by atoms with Crippen LogP contribution in [-0.2, 0) is 4.79 Å². The molecule has 1 N–H and O–H groups in total. The number of nitrogens with zero attached hydrogens (tertiary/aromatic N) is 2. The van der Waals surface area contributed by atoms with Gasteiger partial charge in [-0.15, -0.1) is 11.3 Å². The first-order chi connectivity index (χ1) is 11.6. The van der Waals surface area contributed by atoms with Gasteiger partial charge < -0.3 is 0 Å². The third kappa shape index (κ3) is 4.14. The fraction of sp³-hybridized carbons (Fsp3) is 0.118. The van der Waals surface area contributed by atoms with Gasteiger partial charge in [0.05, 0.1) is 21.7 Å². The van der Waals surface area contributed by atoms with E-state index in [2.05, 4.69) is 15.5 Å². The molecule has 0 saturated carbocycles. The van der Waals surface area contributed by atoms with Crippen LogP contribution in [-0.4, -0.2) is 22.4 Å². The third-order valence-corrected chi connectivity index (χ3v) is 5.72. The topological polar surface area (TPSA) is 54.4 Å². The SMILES string of the molecule is C/C(=N\NC(=O)CSc1nc2ccccc2s1)c1ccccc1Cl. The van der Waals surface area contributed by atoms with Crippen LogP contribution in [0.5, 0.6) is 0 Å². The molecule has 3 aromatic rings. The average molecular weight is 376 g/mol. The Morgan fingerprint density at radius 1 is 1.25 bits per heavy atom. The molecule has 0 aliphatic heterocycles. The van der Waals surface area contributed by atoms with Crippen molar-refractivity contribution >= 4 is 56.5 Å². The lowest BCUT2D eigenvalue weighted by Crippen LogP contribution is -2.21. The minimum atomic E-state index is -0.175. The first kappa shape index (κ1) is 17.0. The van der Waals surface area contributed by atoms with Gasteiger partial charge in [-0.25, -0.2) is 10.4 Å². The molecule has 7 heteroatoms. The van der Waals surface area contributed by atoms with Crippen molar-refractivity contribution in [2.75, 3.05) is 5.75 Å². The second-order valence-electron chi connectivity index (χ2n) is 4.95. The summed E-state index contributed by atoms with van der Waals surface area (Å²) in [5.41, 5.74) is 4.98. The Morgan fingerprint density at radius 3 is 2.79 bits per heavy atom. The zero-order chi connectivity index (χ0) is 16.9. The lowest BCUT2D eigenvalue weighted by atomic mass is 10.1. The molecule has 1 amide bonds. The van der Waals surface area contributed by atoms with Crippen LogP contribution in [0.15, 0.2) is 58.0 Å². The van der Waals surface area contributed by atoms with E-state index in [0.717, 1.165) is 20.1 Å². The van der Waals surface area contributed by atoms with Crippen LogP contribution >= 0.6 is 34.7 Å². The van der Waals surface area contributed by atoms with Crippen LogP contribution in [0.3, 0.4) is 0 Å². The first-order valence-electron chi connectivity index (χ1n) is 7.20. The summed E-state index contributed by atoms with van der Waals surface area (Å²) in [4.78, 5) is 16.4. The fourth-order valence-electron chi connectivity index (χ4n) is 2.03. The average Bonchev–Trinajstić information content (AvgIpc) is 3.01. The number of aromatic nitrogens is 1. The van der Waals surface area contributed by atoms with Crippen molar-refractivity contribution < 1.29 is 4.79 Å². The van der Waals surface area contributed by atoms with Gasteiger partial charge in [-0.1, -0.05) is 53.7 Å². The van der Waals surface area contributed by atoms with Crippen LogP contribution in [0.4, 0.5) is 0 Å². The largest absolute Gasteiger partial charge is 0.272 e. The highest BCUT2D eigenvalue weighted by Crippen LogP contribution is 2.29. The van der Waals surface area contributed by atoms with Gasteiger partial charge in [0.2, 0.25) is 0 Å². The molecule has 0 saturated heterocycles. The number of nitrogens with one attached hydrogen (secondary N) is 1. The van der Waals surface area contributed by atoms with Gasteiger partial charge in [0.1, 0.15) is 0 Å². The number of halogens is 1. The molecule has 122 valence electrons. The van der Waals surface area contributed by atoms with Gasteiger partial charge in [-0.2, -0.15) is 5.10 Å². The second kappa shape index (κ2) is 7.79. The zero-order valence-corrected chi connectivity index (χ0v) is 15.2. The number of thioether (sulfide) groups is 1. The predicted octanol–water partition coefficient (Wildman–Crippen LogP) is 4.58. The Kier molecular flexibility index (Phi) is 5.50. The van der Waals surface area contributed by atoms with E-state index < -0.39 is 0 Å². The number of amides is 1. The molecular formula is C17H14ClN3OS2. The summed E-state index contributed by atoms with van der Waals surface area (Å²) in [6.45, 7) is 1.81. The zero-order valence-electron chi connectivity index (χ0n) is 12.8. The molecule has 0 bridgehead atoms. The quantitative estimate of drug-likeness (QED) is 0.403. The van der Waals surface area contributed by atoms with E-state index in [1.54, 1.807) is 17.4 Å². The fourth-order valence-corrected chi connectivity index (χ4v) is 4.17. The summed E-state index contributed by atoms with van der Waals surface area (Å²) in [6, 6.07) is 15.3. The number of carbonyl (C=O) groups is 1. The van der Waals surface area contributed by atoms with Gasteiger partial charge in [0, 0.05) is 10.6 Å². The highest BCUT2D eigenvalue weighted by molar-refractivity contribution is 8.01. The molecule has 0 atom stereocenters. The lowest BCUT2D eigenvalue weighted by molar-refractivity contribution is -0.118. The Balaban J connectivity index is 1.57. The highest BCUT2D eigenvalue weighted by atomic mass is 35.5. The summed E-state index contributed by atoms with van der Waals surface area (Å²) >= 11 is 9.10. The van der Waals surface area contributed by atoms with Crippen molar-refractivity contribution in [2.24, 2.45) is 5.10 Å². The van der Waals surface area contributed by atoms with E-state index >= 15 is 0 Å². The maximum atomic E-state index is 12.0. The number of carbonyl (C=O) groups excluding carboxylic acids is 1. The first-order valence-corrected chi connectivity index (χ1v) is 9.38. The maximum Gasteiger partial charge on any atom is 0.250 e. The standard InChI is InChI=1S/C17H14ClN3OS2/c1-11(12-6-2-3-7-13(12)18)20-21-16(22)10-23-17-19-14-8-4-5-9-15(14)24-17/h2-9H,10H2,1H3,(H,21,22)/b20-11+. The maximum absolute atomic E-state index is 12.0. The smallest absolute Gasteiger partial charge is 0.250 e. The third-order valence-electron chi connectivity index (χ3n) is 3.21. The number of hydrogen-bond acceptors (Lipinski definition) is 5. The number of para-hydroxylation sites is 1. The summed E-state index contributed by atoms with van der Waals surface area (Å²) in [5.74, 6) is 0.0877. The Hall–Kier alpha value is -1.89. The Morgan fingerprint density at radius 2 is 2.00 bits per heavy atom. The molecule has 1 heterocycles. The van der Waals surface area contributed by atoms with Gasteiger partial charge >= 0.3 is 0 Å². The number of hydrogen-bond donors (Lipinski definition) is 1. The van der Waals surface area contributed by atoms with E-state index in [1.807, 2.05) is 49.4 Å². The van der Waals surface area contributed by atoms with Crippen LogP contribution < -0.4 is 5.43 Å². The molecular weight excluding hydrogens is 362 g/mol. The molecule has 4 nitrogen and oxygen atoms in total. The Labute approximate surface area is 152 Å². The molecule has 0 unspecified atom stereocenters. The minimum absolute atomic E-state index is 0.175. The van der Waals surface area contributed by atoms with Crippen molar-refractivity contribution in [2.45, 2.75) is 11.3 Å². The minimum Gasteiger partial charge on any atom is -0.272 e. The van der Waals surface area contributed by atoms with E-state index in [-0.39, 0.29) is 11.7 Å². The number of thiazole rings is 1. The summed E-state index contributed by atoms with van der Waals surface area (Å²) in [7, 11) is 0. The number of rotatable bonds is 5. The van der Waals surface area contributed by atoms with Crippen LogP contribution in [0.2, 0.25) is 5.02 Å². The van der Waals surface area contributed by atoms with E-state index in [4.69, 9.17) is 11.6 Å². The summed E-state index contributed by atoms with van der Waals surface area (Å²) < 4.78 is 1.99. The lowest BCUT2D eigenvalue weighted by Gasteiger charge is -2.04. The van der Waals surface area contributed by atoms with Crippen molar-refractivity contribution in [3.8, 4) is 0 Å². The van der Waals surface area contributed by atoms with Crippen molar-refractivity contribution in [3.05, 3.63) is 59.1 Å². The van der Waals surface area contributed by atoms with E-state index in [1.165, 1.54) is 11.8 Å². The van der Waals surface area contributed by atoms with E-state index in [9.17, 15) is 4.79 Å². The molecule has 0 aliphatic rings. The summed E-state index contributed by atoms with van der Waals surface area (Å²) in [5, 5.41) is 4.72. The van der Waals surface area contributed by atoms with Crippen LogP contribution in [0.25, 0.3) is 10.2 Å². The normalized spacial score (nSPS) is 11.7. The van der Waals surface area contributed by atoms with E-state index in [0.29, 0.717) is 10.7 Å². The van der Waals surface area contributed by atoms with Gasteiger partial charge in [-0.05, 0) is 25.1 Å². The molecule has 3 rings (SSSR count). The Bertz CT molecular complexity index is 874.